The second-order valence-electron chi connectivity index (χ2n) is 5.02. The van der Waals surface area contributed by atoms with Crippen molar-refractivity contribution in [3.8, 4) is 0 Å². The molecule has 0 spiro atoms. The van der Waals surface area contributed by atoms with Crippen LogP contribution in [0, 0.1) is 20.2 Å². The number of amides is 1. The number of rotatable bonds is 4. The molecule has 0 saturated carbocycles. The van der Waals surface area contributed by atoms with Crippen LogP contribution in [0.3, 0.4) is 0 Å². The second kappa shape index (κ2) is 6.32. The fourth-order valence-corrected chi connectivity index (χ4v) is 2.41. The summed E-state index contributed by atoms with van der Waals surface area (Å²) >= 11 is 0. The van der Waals surface area contributed by atoms with Crippen LogP contribution in [0.25, 0.3) is 10.9 Å². The summed E-state index contributed by atoms with van der Waals surface area (Å²) < 4.78 is 0. The normalized spacial score (nSPS) is 10.4. The number of carbonyl (C=O) groups excluding carboxylic acids is 1. The van der Waals surface area contributed by atoms with Crippen molar-refractivity contribution in [3.63, 3.8) is 0 Å². The maximum atomic E-state index is 12.4. The minimum atomic E-state index is -0.790. The lowest BCUT2D eigenvalue weighted by molar-refractivity contribution is -0.392. The van der Waals surface area contributed by atoms with E-state index in [0.29, 0.717) is 5.56 Å². The Hall–Kier alpha value is -3.88. The lowest BCUT2D eigenvalue weighted by atomic mass is 10.1. The van der Waals surface area contributed by atoms with Crippen molar-refractivity contribution in [2.24, 2.45) is 0 Å². The Morgan fingerprint density at radius 1 is 0.960 bits per heavy atom. The number of nitrogens with zero attached hydrogens (tertiary/aromatic N) is 3. The zero-order valence-electron chi connectivity index (χ0n) is 12.6. The lowest BCUT2D eigenvalue weighted by Gasteiger charge is -2.09. The van der Waals surface area contributed by atoms with E-state index in [9.17, 15) is 25.0 Å². The number of anilines is 1. The number of carbonyl (C=O) groups is 1. The monoisotopic (exact) mass is 338 g/mol. The Balaban J connectivity index is 2.21. The minimum Gasteiger partial charge on any atom is -0.314 e. The first-order valence-corrected chi connectivity index (χ1v) is 7.06. The van der Waals surface area contributed by atoms with Crippen molar-refractivity contribution >= 4 is 33.9 Å². The molecule has 9 nitrogen and oxygen atoms in total. The number of nitro groups is 2. The number of pyridine rings is 1. The SMILES string of the molecule is O=C(Nc1c([N+](=O)[O-])cc([N+](=O)[O-])c2cccnc12)c1ccccc1. The number of hydrogen-bond donors (Lipinski definition) is 1. The molecule has 124 valence electrons. The van der Waals surface area contributed by atoms with E-state index in [1.165, 1.54) is 18.3 Å². The lowest BCUT2D eigenvalue weighted by Crippen LogP contribution is -2.14. The van der Waals surface area contributed by atoms with E-state index in [-0.39, 0.29) is 16.6 Å². The molecule has 0 aliphatic heterocycles. The van der Waals surface area contributed by atoms with Gasteiger partial charge in [-0.1, -0.05) is 18.2 Å². The number of aromatic nitrogens is 1. The number of fused-ring (bicyclic) bond motifs is 1. The average molecular weight is 338 g/mol. The standard InChI is InChI=1S/C16H10N4O5/c21-16(10-5-2-1-3-6-10)18-15-13(20(24)25)9-12(19(22)23)11-7-4-8-17-14(11)15/h1-9H,(H,18,21). The summed E-state index contributed by atoms with van der Waals surface area (Å²) in [5, 5.41) is 25.1. The predicted molar refractivity (Wildman–Crippen MR) is 89.4 cm³/mol. The zero-order valence-corrected chi connectivity index (χ0v) is 12.6. The van der Waals surface area contributed by atoms with Crippen LogP contribution in [0.5, 0.6) is 0 Å². The van der Waals surface area contributed by atoms with Crippen molar-refractivity contribution in [1.29, 1.82) is 0 Å². The molecule has 3 aromatic rings. The molecule has 0 atom stereocenters. The first kappa shape index (κ1) is 16.0. The quantitative estimate of drug-likeness (QED) is 0.574. The smallest absolute Gasteiger partial charge is 0.301 e. The highest BCUT2D eigenvalue weighted by atomic mass is 16.6. The van der Waals surface area contributed by atoms with Gasteiger partial charge in [0.05, 0.1) is 21.3 Å². The summed E-state index contributed by atoms with van der Waals surface area (Å²) in [5.41, 5.74) is -0.957. The van der Waals surface area contributed by atoms with Crippen molar-refractivity contribution in [2.75, 3.05) is 5.32 Å². The number of hydrogen-bond acceptors (Lipinski definition) is 6. The predicted octanol–water partition coefficient (Wildman–Crippen LogP) is 3.30. The number of benzene rings is 2. The first-order valence-electron chi connectivity index (χ1n) is 7.06. The zero-order chi connectivity index (χ0) is 18.0. The van der Waals surface area contributed by atoms with Crippen LogP contribution in [-0.4, -0.2) is 20.7 Å². The van der Waals surface area contributed by atoms with Gasteiger partial charge in [0.25, 0.3) is 11.6 Å². The summed E-state index contributed by atoms with van der Waals surface area (Å²) in [6.07, 6.45) is 1.34. The third-order valence-corrected chi connectivity index (χ3v) is 3.52. The first-order chi connectivity index (χ1) is 12.0. The molecule has 1 amide bonds. The van der Waals surface area contributed by atoms with Crippen LogP contribution in [0.2, 0.25) is 0 Å². The molecule has 1 N–H and O–H groups in total. The van der Waals surface area contributed by atoms with Gasteiger partial charge in [0.1, 0.15) is 11.2 Å². The van der Waals surface area contributed by atoms with Crippen molar-refractivity contribution in [2.45, 2.75) is 0 Å². The Morgan fingerprint density at radius 2 is 1.64 bits per heavy atom. The number of nitrogens with one attached hydrogen (secondary N) is 1. The van der Waals surface area contributed by atoms with Gasteiger partial charge in [0, 0.05) is 11.8 Å². The second-order valence-corrected chi connectivity index (χ2v) is 5.02. The summed E-state index contributed by atoms with van der Waals surface area (Å²) in [4.78, 5) is 37.4. The minimum absolute atomic E-state index is 0.0207. The molecule has 0 aliphatic carbocycles. The van der Waals surface area contributed by atoms with Gasteiger partial charge in [-0.3, -0.25) is 30.0 Å². The molecule has 0 fully saturated rings. The van der Waals surface area contributed by atoms with Crippen LogP contribution in [0.15, 0.2) is 54.7 Å². The van der Waals surface area contributed by atoms with Crippen molar-refractivity contribution in [1.82, 2.24) is 4.98 Å². The van der Waals surface area contributed by atoms with Crippen molar-refractivity contribution < 1.29 is 14.6 Å². The summed E-state index contributed by atoms with van der Waals surface area (Å²) in [7, 11) is 0. The molecule has 1 aromatic heterocycles. The molecule has 0 saturated heterocycles. The third kappa shape index (κ3) is 2.98. The van der Waals surface area contributed by atoms with Gasteiger partial charge in [-0.05, 0) is 24.3 Å². The van der Waals surface area contributed by atoms with E-state index in [2.05, 4.69) is 10.3 Å². The van der Waals surface area contributed by atoms with Crippen LogP contribution in [0.4, 0.5) is 17.1 Å². The molecule has 25 heavy (non-hydrogen) atoms. The maximum Gasteiger partial charge on any atom is 0.301 e. The van der Waals surface area contributed by atoms with Gasteiger partial charge in [-0.25, -0.2) is 0 Å². The topological polar surface area (TPSA) is 128 Å². The molecule has 0 radical (unpaired) electrons. The van der Waals surface area contributed by atoms with Crippen LogP contribution < -0.4 is 5.32 Å². The van der Waals surface area contributed by atoms with Crippen LogP contribution >= 0.6 is 0 Å². The Kier molecular flexibility index (Phi) is 4.04. The van der Waals surface area contributed by atoms with Gasteiger partial charge in [0.2, 0.25) is 0 Å². The number of non-ortho nitro benzene ring substituents is 1. The average Bonchev–Trinajstić information content (AvgIpc) is 2.62. The molecule has 0 unspecified atom stereocenters. The largest absolute Gasteiger partial charge is 0.314 e. The van der Waals surface area contributed by atoms with E-state index in [1.807, 2.05) is 0 Å². The van der Waals surface area contributed by atoms with E-state index in [1.54, 1.807) is 30.3 Å². The highest BCUT2D eigenvalue weighted by Gasteiger charge is 2.27. The van der Waals surface area contributed by atoms with Gasteiger partial charge in [0.15, 0.2) is 0 Å². The molecule has 0 aliphatic rings. The van der Waals surface area contributed by atoms with E-state index < -0.39 is 27.1 Å². The van der Waals surface area contributed by atoms with Crippen LogP contribution in [-0.2, 0) is 0 Å². The molecule has 3 rings (SSSR count). The summed E-state index contributed by atoms with van der Waals surface area (Å²) in [6.45, 7) is 0. The summed E-state index contributed by atoms with van der Waals surface area (Å²) in [6, 6.07) is 11.8. The maximum absolute atomic E-state index is 12.4. The van der Waals surface area contributed by atoms with Gasteiger partial charge in [-0.2, -0.15) is 0 Å². The summed E-state index contributed by atoms with van der Waals surface area (Å²) in [5.74, 6) is -0.579. The molecule has 1 heterocycles. The highest BCUT2D eigenvalue weighted by molar-refractivity contribution is 6.12. The molecule has 9 heteroatoms. The molecular formula is C16H10N4O5. The number of nitro benzene ring substituents is 2. The fraction of sp³-hybridized carbons (Fsp3) is 0. The Morgan fingerprint density at radius 3 is 2.28 bits per heavy atom. The Bertz CT molecular complexity index is 1000. The Labute approximate surface area is 140 Å². The highest BCUT2D eigenvalue weighted by Crippen LogP contribution is 2.38. The van der Waals surface area contributed by atoms with E-state index in [0.717, 1.165) is 6.07 Å². The third-order valence-electron chi connectivity index (χ3n) is 3.52. The van der Waals surface area contributed by atoms with Gasteiger partial charge < -0.3 is 5.32 Å². The molecule has 0 bridgehead atoms. The fourth-order valence-electron chi connectivity index (χ4n) is 2.41. The van der Waals surface area contributed by atoms with Crippen LogP contribution in [0.1, 0.15) is 10.4 Å². The van der Waals surface area contributed by atoms with Gasteiger partial charge in [-0.15, -0.1) is 0 Å². The molecule has 2 aromatic carbocycles. The molecular weight excluding hydrogens is 328 g/mol. The van der Waals surface area contributed by atoms with Gasteiger partial charge >= 0.3 is 5.69 Å². The van der Waals surface area contributed by atoms with E-state index in [4.69, 9.17) is 0 Å². The van der Waals surface area contributed by atoms with Crippen molar-refractivity contribution in [3.05, 3.63) is 80.5 Å². The van der Waals surface area contributed by atoms with E-state index >= 15 is 0 Å².